The van der Waals surface area contributed by atoms with Crippen molar-refractivity contribution in [3.05, 3.63) is 24.3 Å². The summed E-state index contributed by atoms with van der Waals surface area (Å²) in [7, 11) is 0. The third-order valence-corrected chi connectivity index (χ3v) is 2.88. The first-order chi connectivity index (χ1) is 8.78. The Morgan fingerprint density at radius 3 is 2.63 bits per heavy atom. The SMILES string of the molecule is C=CC(=O)OC(C)(C=C(C)C(=O)O)C(O)CC1CO1. The maximum absolute atomic E-state index is 11.3. The van der Waals surface area contributed by atoms with Crippen molar-refractivity contribution in [3.63, 3.8) is 0 Å². The minimum Gasteiger partial charge on any atom is -0.478 e. The van der Waals surface area contributed by atoms with Crippen LogP contribution in [0.1, 0.15) is 20.3 Å². The molecule has 0 amide bonds. The predicted octanol–water partition coefficient (Wildman–Crippen LogP) is 0.655. The van der Waals surface area contributed by atoms with E-state index in [1.54, 1.807) is 0 Å². The number of aliphatic hydroxyl groups excluding tert-OH is 1. The first-order valence-corrected chi connectivity index (χ1v) is 5.86. The lowest BCUT2D eigenvalue weighted by atomic mass is 9.92. The molecule has 106 valence electrons. The van der Waals surface area contributed by atoms with Crippen LogP contribution in [0.3, 0.4) is 0 Å². The highest BCUT2D eigenvalue weighted by molar-refractivity contribution is 5.86. The van der Waals surface area contributed by atoms with Crippen molar-refractivity contribution in [2.75, 3.05) is 6.61 Å². The van der Waals surface area contributed by atoms with Gasteiger partial charge in [-0.05, 0) is 19.9 Å². The number of hydrogen-bond donors (Lipinski definition) is 2. The molecule has 0 aliphatic carbocycles. The van der Waals surface area contributed by atoms with Gasteiger partial charge in [0.25, 0.3) is 0 Å². The molecular formula is C13H18O6. The smallest absolute Gasteiger partial charge is 0.331 e. The molecule has 1 aliphatic rings. The molecule has 0 bridgehead atoms. The lowest BCUT2D eigenvalue weighted by Gasteiger charge is -2.31. The second kappa shape index (κ2) is 5.99. The van der Waals surface area contributed by atoms with Gasteiger partial charge in [-0.2, -0.15) is 0 Å². The molecule has 6 heteroatoms. The maximum Gasteiger partial charge on any atom is 0.331 e. The van der Waals surface area contributed by atoms with Crippen molar-refractivity contribution in [1.29, 1.82) is 0 Å². The Morgan fingerprint density at radius 1 is 1.63 bits per heavy atom. The van der Waals surface area contributed by atoms with E-state index in [0.717, 1.165) is 6.08 Å². The molecule has 1 saturated heterocycles. The summed E-state index contributed by atoms with van der Waals surface area (Å²) in [5.74, 6) is -1.87. The monoisotopic (exact) mass is 270 g/mol. The Bertz CT molecular complexity index is 409. The van der Waals surface area contributed by atoms with Gasteiger partial charge in [-0.3, -0.25) is 0 Å². The van der Waals surface area contributed by atoms with Gasteiger partial charge in [0.2, 0.25) is 0 Å². The lowest BCUT2D eigenvalue weighted by molar-refractivity contribution is -0.158. The number of carboxylic acids is 1. The molecule has 1 fully saturated rings. The van der Waals surface area contributed by atoms with Gasteiger partial charge in [-0.1, -0.05) is 6.58 Å². The minimum absolute atomic E-state index is 0.0184. The molecule has 0 radical (unpaired) electrons. The van der Waals surface area contributed by atoms with E-state index < -0.39 is 23.6 Å². The van der Waals surface area contributed by atoms with Gasteiger partial charge < -0.3 is 19.7 Å². The molecule has 1 aliphatic heterocycles. The maximum atomic E-state index is 11.3. The Balaban J connectivity index is 2.92. The first-order valence-electron chi connectivity index (χ1n) is 5.86. The average molecular weight is 270 g/mol. The fraction of sp³-hybridized carbons (Fsp3) is 0.538. The number of carbonyl (C=O) groups is 2. The molecule has 0 aromatic rings. The van der Waals surface area contributed by atoms with Crippen molar-refractivity contribution < 1.29 is 29.3 Å². The average Bonchev–Trinajstić information content (AvgIpc) is 3.12. The number of aliphatic hydroxyl groups is 1. The highest BCUT2D eigenvalue weighted by atomic mass is 16.6. The van der Waals surface area contributed by atoms with E-state index in [9.17, 15) is 14.7 Å². The van der Waals surface area contributed by atoms with Gasteiger partial charge in [0.05, 0.1) is 18.8 Å². The number of carboxylic acid groups (broad SMARTS) is 1. The number of rotatable bonds is 7. The fourth-order valence-corrected chi connectivity index (χ4v) is 1.63. The number of aliphatic carboxylic acids is 1. The van der Waals surface area contributed by atoms with Gasteiger partial charge in [-0.15, -0.1) is 0 Å². The van der Waals surface area contributed by atoms with Crippen LogP contribution >= 0.6 is 0 Å². The van der Waals surface area contributed by atoms with Crippen LogP contribution in [0.15, 0.2) is 24.3 Å². The summed E-state index contributed by atoms with van der Waals surface area (Å²) < 4.78 is 10.1. The molecule has 1 heterocycles. The van der Waals surface area contributed by atoms with Gasteiger partial charge in [0.1, 0.15) is 0 Å². The summed E-state index contributed by atoms with van der Waals surface area (Å²) in [6.45, 7) is 6.64. The summed E-state index contributed by atoms with van der Waals surface area (Å²) in [4.78, 5) is 22.2. The standard InChI is InChI=1S/C13H18O6/c1-4-11(15)19-13(3,6-8(2)12(16)17)10(14)5-9-7-18-9/h4,6,9-10,14H,1,5,7H2,2-3H3,(H,16,17). The van der Waals surface area contributed by atoms with E-state index in [0.29, 0.717) is 6.61 Å². The van der Waals surface area contributed by atoms with E-state index in [2.05, 4.69) is 6.58 Å². The van der Waals surface area contributed by atoms with E-state index >= 15 is 0 Å². The predicted molar refractivity (Wildman–Crippen MR) is 66.5 cm³/mol. The zero-order valence-electron chi connectivity index (χ0n) is 11.0. The van der Waals surface area contributed by atoms with Gasteiger partial charge >= 0.3 is 11.9 Å². The number of ether oxygens (including phenoxy) is 2. The first kappa shape index (κ1) is 15.4. The van der Waals surface area contributed by atoms with E-state index in [1.165, 1.54) is 19.9 Å². The zero-order chi connectivity index (χ0) is 14.6. The Morgan fingerprint density at radius 2 is 2.21 bits per heavy atom. The number of hydrogen-bond acceptors (Lipinski definition) is 5. The molecular weight excluding hydrogens is 252 g/mol. The van der Waals surface area contributed by atoms with Crippen LogP contribution in [0, 0.1) is 0 Å². The molecule has 6 nitrogen and oxygen atoms in total. The van der Waals surface area contributed by atoms with Crippen molar-refractivity contribution in [3.8, 4) is 0 Å². The van der Waals surface area contributed by atoms with Crippen molar-refractivity contribution in [1.82, 2.24) is 0 Å². The fourth-order valence-electron chi connectivity index (χ4n) is 1.63. The summed E-state index contributed by atoms with van der Waals surface area (Å²) in [5, 5.41) is 19.0. The quantitative estimate of drug-likeness (QED) is 0.400. The Hall–Kier alpha value is -1.66. The van der Waals surface area contributed by atoms with Crippen LogP contribution in [0.2, 0.25) is 0 Å². The molecule has 3 atom stereocenters. The van der Waals surface area contributed by atoms with Gasteiger partial charge in [0, 0.05) is 18.1 Å². The molecule has 0 aromatic heterocycles. The molecule has 3 unspecified atom stereocenters. The molecule has 0 spiro atoms. The summed E-state index contributed by atoms with van der Waals surface area (Å²) in [5.41, 5.74) is -1.45. The van der Waals surface area contributed by atoms with Crippen molar-refractivity contribution >= 4 is 11.9 Å². The normalized spacial score (nSPS) is 23.1. The van der Waals surface area contributed by atoms with Crippen LogP contribution < -0.4 is 0 Å². The van der Waals surface area contributed by atoms with Crippen LogP contribution in [-0.4, -0.2) is 46.6 Å². The number of esters is 1. The lowest BCUT2D eigenvalue weighted by Crippen LogP contribution is -2.43. The topological polar surface area (TPSA) is 96.4 Å². The van der Waals surface area contributed by atoms with Crippen LogP contribution in [-0.2, 0) is 19.1 Å². The molecule has 2 N–H and O–H groups in total. The van der Waals surface area contributed by atoms with Crippen LogP contribution in [0.5, 0.6) is 0 Å². The third kappa shape index (κ3) is 4.50. The number of carbonyl (C=O) groups excluding carboxylic acids is 1. The number of epoxide rings is 1. The molecule has 19 heavy (non-hydrogen) atoms. The van der Waals surface area contributed by atoms with E-state index in [1.807, 2.05) is 0 Å². The Kier molecular flexibility index (Phi) is 4.85. The second-order valence-corrected chi connectivity index (χ2v) is 4.65. The second-order valence-electron chi connectivity index (χ2n) is 4.65. The van der Waals surface area contributed by atoms with Crippen LogP contribution in [0.4, 0.5) is 0 Å². The molecule has 0 aromatic carbocycles. The molecule has 0 saturated carbocycles. The largest absolute Gasteiger partial charge is 0.478 e. The summed E-state index contributed by atoms with van der Waals surface area (Å²) >= 11 is 0. The van der Waals surface area contributed by atoms with Crippen molar-refractivity contribution in [2.24, 2.45) is 0 Å². The minimum atomic E-state index is -1.43. The van der Waals surface area contributed by atoms with Gasteiger partial charge in [0.15, 0.2) is 5.60 Å². The van der Waals surface area contributed by atoms with E-state index in [-0.39, 0.29) is 18.1 Å². The highest BCUT2D eigenvalue weighted by Gasteiger charge is 2.39. The third-order valence-electron chi connectivity index (χ3n) is 2.88. The van der Waals surface area contributed by atoms with Gasteiger partial charge in [-0.25, -0.2) is 9.59 Å². The summed E-state index contributed by atoms with van der Waals surface area (Å²) in [6, 6.07) is 0. The highest BCUT2D eigenvalue weighted by Crippen LogP contribution is 2.27. The summed E-state index contributed by atoms with van der Waals surface area (Å²) in [6.07, 6.45) is 1.32. The zero-order valence-corrected chi connectivity index (χ0v) is 11.0. The molecule has 1 rings (SSSR count). The Labute approximate surface area is 111 Å². The van der Waals surface area contributed by atoms with Crippen molar-refractivity contribution in [2.45, 2.75) is 38.1 Å². The van der Waals surface area contributed by atoms with E-state index in [4.69, 9.17) is 14.6 Å². The van der Waals surface area contributed by atoms with Crippen LogP contribution in [0.25, 0.3) is 0 Å².